The molecule has 1 saturated heterocycles. The summed E-state index contributed by atoms with van der Waals surface area (Å²) in [6.07, 6.45) is 6.93. The first kappa shape index (κ1) is 13.3. The maximum absolute atomic E-state index is 4.17. The summed E-state index contributed by atoms with van der Waals surface area (Å²) in [5, 5.41) is 7.70. The molecule has 0 amide bonds. The van der Waals surface area contributed by atoms with Crippen molar-refractivity contribution in [3.05, 3.63) is 24.5 Å². The van der Waals surface area contributed by atoms with Crippen molar-refractivity contribution in [2.75, 3.05) is 19.6 Å². The van der Waals surface area contributed by atoms with Gasteiger partial charge in [-0.3, -0.25) is 0 Å². The average molecular weight is 248 g/mol. The number of nitrogens with zero attached hydrogens (tertiary/aromatic N) is 3. The van der Waals surface area contributed by atoms with Crippen molar-refractivity contribution in [1.29, 1.82) is 0 Å². The van der Waals surface area contributed by atoms with Crippen LogP contribution in [-0.2, 0) is 6.54 Å². The van der Waals surface area contributed by atoms with Crippen molar-refractivity contribution in [2.24, 2.45) is 5.92 Å². The quantitative estimate of drug-likeness (QED) is 0.833. The molecular weight excluding hydrogens is 224 g/mol. The van der Waals surface area contributed by atoms with Crippen LogP contribution in [0.15, 0.2) is 19.0 Å². The SMILES string of the molecule is C=Cn1cc(CNCC2CCN(C(C)C)C2)cn1. The van der Waals surface area contributed by atoms with Gasteiger partial charge in [0.1, 0.15) is 0 Å². The van der Waals surface area contributed by atoms with Crippen LogP contribution in [0.1, 0.15) is 25.8 Å². The molecule has 0 radical (unpaired) electrons. The van der Waals surface area contributed by atoms with E-state index in [1.165, 1.54) is 25.1 Å². The van der Waals surface area contributed by atoms with Crippen LogP contribution in [0, 0.1) is 5.92 Å². The number of aromatic nitrogens is 2. The lowest BCUT2D eigenvalue weighted by molar-refractivity contribution is 0.264. The zero-order chi connectivity index (χ0) is 13.0. The highest BCUT2D eigenvalue weighted by Crippen LogP contribution is 2.17. The van der Waals surface area contributed by atoms with Gasteiger partial charge in [0.05, 0.1) is 6.20 Å². The van der Waals surface area contributed by atoms with E-state index in [-0.39, 0.29) is 0 Å². The molecule has 1 aromatic heterocycles. The second kappa shape index (κ2) is 6.16. The van der Waals surface area contributed by atoms with Crippen molar-refractivity contribution in [3.8, 4) is 0 Å². The molecule has 4 heteroatoms. The Morgan fingerprint density at radius 1 is 1.61 bits per heavy atom. The van der Waals surface area contributed by atoms with Gasteiger partial charge in [-0.2, -0.15) is 5.10 Å². The van der Waals surface area contributed by atoms with Crippen LogP contribution in [0.2, 0.25) is 0 Å². The van der Waals surface area contributed by atoms with Crippen molar-refractivity contribution < 1.29 is 0 Å². The zero-order valence-electron chi connectivity index (χ0n) is 11.5. The van der Waals surface area contributed by atoms with E-state index >= 15 is 0 Å². The minimum atomic E-state index is 0.681. The first-order valence-electron chi connectivity index (χ1n) is 6.79. The Labute approximate surface area is 110 Å². The second-order valence-electron chi connectivity index (χ2n) is 5.39. The van der Waals surface area contributed by atoms with E-state index in [1.54, 1.807) is 10.9 Å². The summed E-state index contributed by atoms with van der Waals surface area (Å²) in [6, 6.07) is 0.681. The fourth-order valence-corrected chi connectivity index (χ4v) is 2.49. The predicted octanol–water partition coefficient (Wildman–Crippen LogP) is 1.80. The van der Waals surface area contributed by atoms with Gasteiger partial charge in [0.25, 0.3) is 0 Å². The minimum Gasteiger partial charge on any atom is -0.312 e. The molecule has 1 aliphatic heterocycles. The van der Waals surface area contributed by atoms with Crippen molar-refractivity contribution in [2.45, 2.75) is 32.9 Å². The van der Waals surface area contributed by atoms with E-state index in [9.17, 15) is 0 Å². The van der Waals surface area contributed by atoms with Gasteiger partial charge in [-0.25, -0.2) is 4.68 Å². The van der Waals surface area contributed by atoms with Crippen LogP contribution in [0.25, 0.3) is 6.20 Å². The zero-order valence-corrected chi connectivity index (χ0v) is 11.5. The Morgan fingerprint density at radius 3 is 3.06 bits per heavy atom. The van der Waals surface area contributed by atoms with Crippen molar-refractivity contribution in [3.63, 3.8) is 0 Å². The largest absolute Gasteiger partial charge is 0.312 e. The molecule has 4 nitrogen and oxygen atoms in total. The lowest BCUT2D eigenvalue weighted by Crippen LogP contribution is -2.30. The highest BCUT2D eigenvalue weighted by atomic mass is 15.2. The van der Waals surface area contributed by atoms with Gasteiger partial charge in [0.2, 0.25) is 0 Å². The van der Waals surface area contributed by atoms with Gasteiger partial charge < -0.3 is 10.2 Å². The topological polar surface area (TPSA) is 33.1 Å². The summed E-state index contributed by atoms with van der Waals surface area (Å²) in [5.74, 6) is 0.793. The molecule has 0 aliphatic carbocycles. The Kier molecular flexibility index (Phi) is 4.55. The Balaban J connectivity index is 1.68. The maximum Gasteiger partial charge on any atom is 0.0538 e. The monoisotopic (exact) mass is 248 g/mol. The van der Waals surface area contributed by atoms with Gasteiger partial charge in [-0.1, -0.05) is 6.58 Å². The molecule has 18 heavy (non-hydrogen) atoms. The molecule has 1 aliphatic rings. The average Bonchev–Trinajstić information content (AvgIpc) is 2.97. The van der Waals surface area contributed by atoms with Crippen molar-refractivity contribution in [1.82, 2.24) is 20.0 Å². The number of rotatable bonds is 6. The molecule has 0 spiro atoms. The second-order valence-corrected chi connectivity index (χ2v) is 5.39. The Bertz CT molecular complexity index is 383. The number of likely N-dealkylation sites (tertiary alicyclic amines) is 1. The van der Waals surface area contributed by atoms with E-state index < -0.39 is 0 Å². The smallest absolute Gasteiger partial charge is 0.0538 e. The first-order chi connectivity index (χ1) is 8.69. The van der Waals surface area contributed by atoms with Crippen LogP contribution >= 0.6 is 0 Å². The molecule has 0 aromatic carbocycles. The highest BCUT2D eigenvalue weighted by Gasteiger charge is 2.23. The molecule has 0 bridgehead atoms. The molecule has 0 saturated carbocycles. The molecule has 1 N–H and O–H groups in total. The molecule has 2 rings (SSSR count). The molecule has 1 unspecified atom stereocenters. The van der Waals surface area contributed by atoms with Crippen LogP contribution in [0.5, 0.6) is 0 Å². The molecular formula is C14H24N4. The molecule has 1 fully saturated rings. The molecule has 2 heterocycles. The molecule has 100 valence electrons. The van der Waals surface area contributed by atoms with Gasteiger partial charge in [-0.15, -0.1) is 0 Å². The third kappa shape index (κ3) is 3.43. The predicted molar refractivity (Wildman–Crippen MR) is 75.1 cm³/mol. The van der Waals surface area contributed by atoms with E-state index in [2.05, 4.69) is 35.7 Å². The van der Waals surface area contributed by atoms with E-state index in [0.29, 0.717) is 6.04 Å². The Hall–Kier alpha value is -1.13. The number of hydrogen-bond donors (Lipinski definition) is 1. The van der Waals surface area contributed by atoms with Gasteiger partial charge in [0.15, 0.2) is 0 Å². The highest BCUT2D eigenvalue weighted by molar-refractivity contribution is 5.17. The van der Waals surface area contributed by atoms with Gasteiger partial charge >= 0.3 is 0 Å². The standard InChI is InChI=1S/C14H24N4/c1-4-18-11-14(9-16-18)8-15-7-13-5-6-17(10-13)12(2)3/h4,9,11-13,15H,1,5-8,10H2,2-3H3. The number of nitrogens with one attached hydrogen (secondary N) is 1. The third-order valence-corrected chi connectivity index (χ3v) is 3.65. The lowest BCUT2D eigenvalue weighted by atomic mass is 10.1. The first-order valence-corrected chi connectivity index (χ1v) is 6.79. The van der Waals surface area contributed by atoms with Gasteiger partial charge in [-0.05, 0) is 39.3 Å². The van der Waals surface area contributed by atoms with Crippen LogP contribution in [0.4, 0.5) is 0 Å². The summed E-state index contributed by atoms with van der Waals surface area (Å²) >= 11 is 0. The van der Waals surface area contributed by atoms with Crippen LogP contribution in [-0.4, -0.2) is 40.4 Å². The van der Waals surface area contributed by atoms with E-state index in [4.69, 9.17) is 0 Å². The molecule has 1 atom stereocenters. The summed E-state index contributed by atoms with van der Waals surface area (Å²) < 4.78 is 1.74. The van der Waals surface area contributed by atoms with Crippen molar-refractivity contribution >= 4 is 6.20 Å². The molecule has 1 aromatic rings. The van der Waals surface area contributed by atoms with E-state index in [1.807, 2.05) is 12.4 Å². The maximum atomic E-state index is 4.17. The summed E-state index contributed by atoms with van der Waals surface area (Å²) in [6.45, 7) is 12.7. The van der Waals surface area contributed by atoms with Crippen LogP contribution in [0.3, 0.4) is 0 Å². The third-order valence-electron chi connectivity index (χ3n) is 3.65. The fourth-order valence-electron chi connectivity index (χ4n) is 2.49. The number of hydrogen-bond acceptors (Lipinski definition) is 3. The normalized spacial score (nSPS) is 20.7. The lowest BCUT2D eigenvalue weighted by Gasteiger charge is -2.20. The van der Waals surface area contributed by atoms with Crippen LogP contribution < -0.4 is 5.32 Å². The minimum absolute atomic E-state index is 0.681. The fraction of sp³-hybridized carbons (Fsp3) is 0.643. The Morgan fingerprint density at radius 2 is 2.44 bits per heavy atom. The van der Waals surface area contributed by atoms with Gasteiger partial charge in [0, 0.05) is 37.1 Å². The summed E-state index contributed by atoms with van der Waals surface area (Å²) in [7, 11) is 0. The summed E-state index contributed by atoms with van der Waals surface area (Å²) in [5.41, 5.74) is 1.22. The summed E-state index contributed by atoms with van der Waals surface area (Å²) in [4.78, 5) is 2.56. The van der Waals surface area contributed by atoms with E-state index in [0.717, 1.165) is 19.0 Å².